The molecule has 0 radical (unpaired) electrons. The van der Waals surface area contributed by atoms with Crippen molar-refractivity contribution in [1.82, 2.24) is 58.6 Å². The van der Waals surface area contributed by atoms with Gasteiger partial charge in [-0.3, -0.25) is 9.13 Å². The molecular formula is C115H70N12S3. The van der Waals surface area contributed by atoms with E-state index in [1.54, 1.807) is 0 Å². The van der Waals surface area contributed by atoms with Crippen LogP contribution >= 0.6 is 34.0 Å². The molecule has 608 valence electrons. The van der Waals surface area contributed by atoms with E-state index in [-0.39, 0.29) is 0 Å². The Morgan fingerprint density at radius 1 is 0.146 bits per heavy atom. The predicted octanol–water partition coefficient (Wildman–Crippen LogP) is 30.5. The van der Waals surface area contributed by atoms with Crippen molar-refractivity contribution < 1.29 is 0 Å². The van der Waals surface area contributed by atoms with Crippen molar-refractivity contribution >= 4 is 171 Å². The molecule has 0 N–H and O–H groups in total. The van der Waals surface area contributed by atoms with Crippen LogP contribution in [0.1, 0.15) is 0 Å². The Kier molecular flexibility index (Phi) is 18.5. The van der Waals surface area contributed by atoms with Crippen LogP contribution in [0.15, 0.2) is 425 Å². The lowest BCUT2D eigenvalue weighted by Crippen LogP contribution is -2.06. The standard InChI is InChI=1S/2C39H24N4S.C37H22N4S/c1-3-12-25(13-4-1)37-40-38(26-14-5-2-6-15-26)42-39(41-37)27-16-11-17-28(22-27)43-33-20-9-7-18-29(33)31-23-32-30-19-8-10-21-35(30)44-36(32)24-34(31)43;1-3-11-25(12-4-1)26-19-21-28(22-20-26)38-40-37(27-13-5-2-6-14-27)41-39(42-38)43-33-17-9-7-15-29(33)31-23-32-30-16-8-10-18-35(30)44-36(32)24-34(31)43;1-2-11-24(12-3-1)35-38-36(26-19-18-23-10-4-5-13-25(23)20-26)40-37(39-35)41-31-16-8-6-14-27(31)29-21-30-28-15-7-9-17-33(28)42-34(30)22-32(29)41/h2*1-24H;1-22H. The Balaban J connectivity index is 0.000000105. The van der Waals surface area contributed by atoms with E-state index in [4.69, 9.17) is 44.9 Å². The molecule has 0 fully saturated rings. The van der Waals surface area contributed by atoms with E-state index in [9.17, 15) is 0 Å². The van der Waals surface area contributed by atoms with Gasteiger partial charge in [0.1, 0.15) is 0 Å². The van der Waals surface area contributed by atoms with Crippen molar-refractivity contribution in [2.45, 2.75) is 0 Å². The predicted molar refractivity (Wildman–Crippen MR) is 542 cm³/mol. The van der Waals surface area contributed by atoms with Crippen LogP contribution in [0.2, 0.25) is 0 Å². The Morgan fingerprint density at radius 3 is 0.838 bits per heavy atom. The molecule has 0 aliphatic heterocycles. The quantitative estimate of drug-likeness (QED) is 0.124. The first-order valence-corrected chi connectivity index (χ1v) is 45.7. The number of benzene rings is 18. The molecule has 18 aromatic carbocycles. The van der Waals surface area contributed by atoms with Gasteiger partial charge < -0.3 is 4.57 Å². The van der Waals surface area contributed by atoms with E-state index in [1.807, 2.05) is 149 Å². The maximum Gasteiger partial charge on any atom is 0.238 e. The number of hydrogen-bond donors (Lipinski definition) is 0. The van der Waals surface area contributed by atoms with E-state index < -0.39 is 0 Å². The lowest BCUT2D eigenvalue weighted by atomic mass is 10.0. The van der Waals surface area contributed by atoms with Crippen molar-refractivity contribution in [2.75, 3.05) is 0 Å². The van der Waals surface area contributed by atoms with E-state index in [0.717, 1.165) is 77.6 Å². The van der Waals surface area contributed by atoms with Crippen LogP contribution in [-0.4, -0.2) is 58.6 Å². The van der Waals surface area contributed by atoms with Crippen LogP contribution in [0.5, 0.6) is 0 Å². The Bertz CT molecular complexity index is 9060. The summed E-state index contributed by atoms with van der Waals surface area (Å²) in [5.74, 6) is 5.76. The largest absolute Gasteiger partial charge is 0.309 e. The number of aromatic nitrogens is 12. The van der Waals surface area contributed by atoms with Crippen LogP contribution in [0.3, 0.4) is 0 Å². The average molecular weight is 1720 g/mol. The van der Waals surface area contributed by atoms with Crippen molar-refractivity contribution in [3.63, 3.8) is 0 Å². The van der Waals surface area contributed by atoms with E-state index in [0.29, 0.717) is 52.7 Å². The molecule has 0 aliphatic carbocycles. The van der Waals surface area contributed by atoms with Gasteiger partial charge in [0.25, 0.3) is 0 Å². The second kappa shape index (κ2) is 31.8. The van der Waals surface area contributed by atoms with Gasteiger partial charge in [0.05, 0.1) is 33.1 Å². The second-order valence-corrected chi connectivity index (χ2v) is 35.6. The highest BCUT2D eigenvalue weighted by atomic mass is 32.1. The molecule has 15 heteroatoms. The fourth-order valence-corrected chi connectivity index (χ4v) is 21.7. The first-order valence-electron chi connectivity index (χ1n) is 43.2. The summed E-state index contributed by atoms with van der Waals surface area (Å²) in [5, 5.41) is 17.3. The van der Waals surface area contributed by atoms with Gasteiger partial charge in [0.2, 0.25) is 11.9 Å². The number of hydrogen-bond acceptors (Lipinski definition) is 12. The third kappa shape index (κ3) is 13.5. The molecule has 130 heavy (non-hydrogen) atoms. The van der Waals surface area contributed by atoms with Crippen LogP contribution in [0.4, 0.5) is 0 Å². The zero-order valence-electron chi connectivity index (χ0n) is 69.5. The zero-order valence-corrected chi connectivity index (χ0v) is 72.0. The van der Waals surface area contributed by atoms with Crippen molar-refractivity contribution in [3.05, 3.63) is 425 Å². The third-order valence-corrected chi connectivity index (χ3v) is 27.9. The third-order valence-electron chi connectivity index (χ3n) is 24.5. The summed E-state index contributed by atoms with van der Waals surface area (Å²) >= 11 is 5.50. The maximum atomic E-state index is 5.15. The molecule has 12 nitrogen and oxygen atoms in total. The minimum atomic E-state index is 0.604. The summed E-state index contributed by atoms with van der Waals surface area (Å²) < 4.78 is 14.5. The zero-order chi connectivity index (χ0) is 85.7. The Hall–Kier alpha value is -16.7. The Morgan fingerprint density at radius 2 is 0.423 bits per heavy atom. The minimum absolute atomic E-state index is 0.604. The molecule has 0 spiro atoms. The Labute approximate surface area is 756 Å². The molecule has 0 saturated heterocycles. The summed E-state index contributed by atoms with van der Waals surface area (Å²) in [5.41, 5.74) is 16.7. The first-order chi connectivity index (χ1) is 64.4. The number of para-hydroxylation sites is 3. The number of rotatable bonds is 11. The van der Waals surface area contributed by atoms with Crippen LogP contribution in [0.25, 0.3) is 245 Å². The highest BCUT2D eigenvalue weighted by Gasteiger charge is 2.25. The normalized spacial score (nSPS) is 11.7. The number of fused-ring (bicyclic) bond motifs is 19. The minimum Gasteiger partial charge on any atom is -0.309 e. The lowest BCUT2D eigenvalue weighted by Gasteiger charge is -2.11. The van der Waals surface area contributed by atoms with Gasteiger partial charge in [-0.05, 0) is 113 Å². The molecule has 9 heterocycles. The fourth-order valence-electron chi connectivity index (χ4n) is 18.4. The maximum absolute atomic E-state index is 5.15. The molecule has 0 amide bonds. The molecule has 0 unspecified atom stereocenters. The smallest absolute Gasteiger partial charge is 0.238 e. The SMILES string of the molecule is c1ccc(-c2ccc(-c3nc(-c4ccccc4)nc(-n4c5ccccc5c5cc6c(cc54)sc4ccccc46)n3)cc2)cc1.c1ccc(-c2nc(-c3ccc4ccccc4c3)nc(-n3c4ccccc4c4cc5c(cc43)sc3ccccc35)n2)cc1.c1ccc(-c2nc(-c3ccccc3)nc(-c3cccc(-n4c5ccccc5c5cc6c(cc54)sc4ccccc46)c3)n2)cc1. The van der Waals surface area contributed by atoms with Gasteiger partial charge >= 0.3 is 0 Å². The van der Waals surface area contributed by atoms with Gasteiger partial charge in [-0.2, -0.15) is 19.9 Å². The molecule has 0 saturated carbocycles. The van der Waals surface area contributed by atoms with Gasteiger partial charge in [-0.1, -0.05) is 334 Å². The molecule has 27 aromatic rings. The van der Waals surface area contributed by atoms with Crippen molar-refractivity contribution in [1.29, 1.82) is 0 Å². The molecule has 27 rings (SSSR count). The van der Waals surface area contributed by atoms with E-state index in [1.165, 1.54) is 115 Å². The summed E-state index contributed by atoms with van der Waals surface area (Å²) in [4.78, 5) is 45.3. The van der Waals surface area contributed by atoms with Gasteiger partial charge in [-0.25, -0.2) is 24.9 Å². The molecule has 0 aliphatic rings. The van der Waals surface area contributed by atoms with E-state index >= 15 is 0 Å². The van der Waals surface area contributed by atoms with Gasteiger partial charge in [-0.15, -0.1) is 34.0 Å². The highest BCUT2D eigenvalue weighted by Crippen LogP contribution is 2.46. The highest BCUT2D eigenvalue weighted by molar-refractivity contribution is 7.26. The number of thiophene rings is 3. The van der Waals surface area contributed by atoms with Crippen LogP contribution in [-0.2, 0) is 0 Å². The monoisotopic (exact) mass is 1710 g/mol. The molecule has 0 atom stereocenters. The average Bonchev–Trinajstić information content (AvgIpc) is 1.58. The van der Waals surface area contributed by atoms with Gasteiger partial charge in [0.15, 0.2) is 40.8 Å². The summed E-state index contributed by atoms with van der Waals surface area (Å²) in [6.45, 7) is 0. The summed E-state index contributed by atoms with van der Waals surface area (Å²) in [6, 6.07) is 148. The molecular weight excluding hydrogens is 1650 g/mol. The first kappa shape index (κ1) is 75.8. The van der Waals surface area contributed by atoms with E-state index in [2.05, 4.69) is 323 Å². The second-order valence-electron chi connectivity index (χ2n) is 32.3. The lowest BCUT2D eigenvalue weighted by molar-refractivity contribution is 0.953. The summed E-state index contributed by atoms with van der Waals surface area (Å²) in [6.07, 6.45) is 0. The summed E-state index contributed by atoms with van der Waals surface area (Å²) in [7, 11) is 0. The number of nitrogens with zero attached hydrogens (tertiary/aromatic N) is 12. The van der Waals surface area contributed by atoms with Crippen molar-refractivity contribution in [2.24, 2.45) is 0 Å². The molecule has 0 bridgehead atoms. The fraction of sp³-hybridized carbons (Fsp3) is 0. The van der Waals surface area contributed by atoms with Crippen molar-refractivity contribution in [3.8, 4) is 108 Å². The van der Waals surface area contributed by atoms with Crippen LogP contribution < -0.4 is 0 Å². The topological polar surface area (TPSA) is 131 Å². The molecule has 9 aromatic heterocycles. The van der Waals surface area contributed by atoms with Gasteiger partial charge in [0, 0.05) is 137 Å². The van der Waals surface area contributed by atoms with Crippen LogP contribution in [0, 0.1) is 0 Å².